The van der Waals surface area contributed by atoms with Crippen molar-refractivity contribution >= 4 is 31.2 Å². The fourth-order valence-corrected chi connectivity index (χ4v) is 4.44. The molecular weight excluding hydrogens is 430 g/mol. The summed E-state index contributed by atoms with van der Waals surface area (Å²) in [6, 6.07) is 4.26. The Bertz CT molecular complexity index is 676. The highest BCUT2D eigenvalue weighted by molar-refractivity contribution is 7.81. The van der Waals surface area contributed by atoms with E-state index in [4.69, 9.17) is 9.47 Å². The number of rotatable bonds is 15. The molecule has 6 nitrogen and oxygen atoms in total. The number of nitrogens with zero attached hydrogens (tertiary/aromatic N) is 2. The summed E-state index contributed by atoms with van der Waals surface area (Å²) >= 11 is 8.35. The summed E-state index contributed by atoms with van der Waals surface area (Å²) in [6.07, 6.45) is 5.97. The van der Waals surface area contributed by atoms with Crippen LogP contribution in [0.4, 0.5) is 0 Å². The number of carbonyl (C=O) groups is 1. The zero-order valence-corrected chi connectivity index (χ0v) is 20.9. The summed E-state index contributed by atoms with van der Waals surface area (Å²) in [5.41, 5.74) is 2.74. The molecule has 31 heavy (non-hydrogen) atoms. The van der Waals surface area contributed by atoms with Crippen LogP contribution in [0.5, 0.6) is 11.5 Å². The Morgan fingerprint density at radius 3 is 2.42 bits per heavy atom. The predicted molar refractivity (Wildman–Crippen MR) is 134 cm³/mol. The van der Waals surface area contributed by atoms with E-state index in [0.717, 1.165) is 62.9 Å². The SMILES string of the molecule is COc1cc2c(cc1OC)CN(CCCCCCN(CCS)CCNC(=O)CS)CC2. The van der Waals surface area contributed by atoms with Gasteiger partial charge in [0, 0.05) is 38.5 Å². The van der Waals surface area contributed by atoms with Gasteiger partial charge in [-0.05, 0) is 55.6 Å². The number of ether oxygens (including phenoxy) is 2. The van der Waals surface area contributed by atoms with E-state index in [9.17, 15) is 4.79 Å². The number of hydrogen-bond acceptors (Lipinski definition) is 7. The molecule has 1 N–H and O–H groups in total. The largest absolute Gasteiger partial charge is 0.493 e. The van der Waals surface area contributed by atoms with Gasteiger partial charge in [-0.15, -0.1) is 0 Å². The Hall–Kier alpha value is -1.09. The van der Waals surface area contributed by atoms with Crippen molar-refractivity contribution in [1.29, 1.82) is 0 Å². The Balaban J connectivity index is 1.63. The lowest BCUT2D eigenvalue weighted by Crippen LogP contribution is -2.37. The second-order valence-electron chi connectivity index (χ2n) is 7.99. The van der Waals surface area contributed by atoms with Gasteiger partial charge in [0.2, 0.25) is 5.91 Å². The first-order valence-electron chi connectivity index (χ1n) is 11.3. The molecule has 1 aliphatic heterocycles. The van der Waals surface area contributed by atoms with Gasteiger partial charge in [-0.2, -0.15) is 25.3 Å². The van der Waals surface area contributed by atoms with Gasteiger partial charge in [0.05, 0.1) is 20.0 Å². The van der Waals surface area contributed by atoms with Gasteiger partial charge in [-0.3, -0.25) is 9.69 Å². The van der Waals surface area contributed by atoms with E-state index in [0.29, 0.717) is 6.54 Å². The molecule has 1 aromatic carbocycles. The normalized spacial score (nSPS) is 13.8. The van der Waals surface area contributed by atoms with Gasteiger partial charge < -0.3 is 19.7 Å². The molecule has 1 amide bonds. The summed E-state index contributed by atoms with van der Waals surface area (Å²) < 4.78 is 10.9. The molecule has 2 rings (SSSR count). The maximum absolute atomic E-state index is 11.3. The highest BCUT2D eigenvalue weighted by Gasteiger charge is 2.19. The molecule has 0 saturated carbocycles. The third kappa shape index (κ3) is 9.12. The first-order valence-corrected chi connectivity index (χ1v) is 12.5. The van der Waals surface area contributed by atoms with Crippen molar-refractivity contribution in [2.45, 2.75) is 38.6 Å². The third-order valence-corrected chi connectivity index (χ3v) is 6.29. The van der Waals surface area contributed by atoms with Crippen LogP contribution in [-0.2, 0) is 17.8 Å². The molecule has 0 aromatic heterocycles. The molecule has 1 aliphatic rings. The highest BCUT2D eigenvalue weighted by Crippen LogP contribution is 2.33. The van der Waals surface area contributed by atoms with Crippen LogP contribution in [0.25, 0.3) is 0 Å². The molecule has 1 heterocycles. The van der Waals surface area contributed by atoms with E-state index in [1.54, 1.807) is 14.2 Å². The highest BCUT2D eigenvalue weighted by atomic mass is 32.1. The van der Waals surface area contributed by atoms with Crippen LogP contribution in [0, 0.1) is 0 Å². The monoisotopic (exact) mass is 469 g/mol. The molecule has 0 atom stereocenters. The number of unbranched alkanes of at least 4 members (excludes halogenated alkanes) is 3. The average molecular weight is 470 g/mol. The lowest BCUT2D eigenvalue weighted by atomic mass is 9.98. The Kier molecular flexibility index (Phi) is 12.6. The molecule has 1 aromatic rings. The van der Waals surface area contributed by atoms with Crippen molar-refractivity contribution in [2.75, 3.05) is 65.0 Å². The third-order valence-electron chi connectivity index (χ3n) is 5.81. The van der Waals surface area contributed by atoms with E-state index in [-0.39, 0.29) is 11.7 Å². The zero-order chi connectivity index (χ0) is 22.5. The van der Waals surface area contributed by atoms with Gasteiger partial charge in [-0.1, -0.05) is 12.8 Å². The summed E-state index contributed by atoms with van der Waals surface area (Å²) in [5.74, 6) is 2.72. The molecule has 0 fully saturated rings. The minimum atomic E-state index is -0.00734. The topological polar surface area (TPSA) is 54.0 Å². The standard InChI is InChI=1S/C23H39N3O3S2/c1-28-21-15-19-7-11-26(17-20(19)16-22(21)29-2)10-6-4-3-5-9-25(13-14-30)12-8-24-23(27)18-31/h15-16,30-31H,3-14,17-18H2,1-2H3,(H,24,27). The number of amides is 1. The molecule has 0 unspecified atom stereocenters. The van der Waals surface area contributed by atoms with Gasteiger partial charge in [-0.25, -0.2) is 0 Å². The number of hydrogen-bond donors (Lipinski definition) is 3. The number of nitrogens with one attached hydrogen (secondary N) is 1. The van der Waals surface area contributed by atoms with Crippen molar-refractivity contribution in [3.8, 4) is 11.5 Å². The van der Waals surface area contributed by atoms with E-state index in [2.05, 4.69) is 52.5 Å². The summed E-state index contributed by atoms with van der Waals surface area (Å²) in [7, 11) is 3.39. The molecule has 8 heteroatoms. The number of fused-ring (bicyclic) bond motifs is 1. The van der Waals surface area contributed by atoms with Crippen LogP contribution in [-0.4, -0.2) is 80.7 Å². The molecule has 176 valence electrons. The van der Waals surface area contributed by atoms with Crippen LogP contribution in [0.1, 0.15) is 36.8 Å². The van der Waals surface area contributed by atoms with Crippen molar-refractivity contribution in [1.82, 2.24) is 15.1 Å². The number of benzene rings is 1. The second-order valence-corrected chi connectivity index (χ2v) is 8.75. The van der Waals surface area contributed by atoms with E-state index < -0.39 is 0 Å². The fourth-order valence-electron chi connectivity index (χ4n) is 4.04. The smallest absolute Gasteiger partial charge is 0.229 e. The van der Waals surface area contributed by atoms with Crippen molar-refractivity contribution in [3.05, 3.63) is 23.3 Å². The molecule has 0 radical (unpaired) electrons. The Morgan fingerprint density at radius 1 is 1.03 bits per heavy atom. The van der Waals surface area contributed by atoms with Crippen LogP contribution in [0.3, 0.4) is 0 Å². The number of methoxy groups -OCH3 is 2. The molecule has 0 spiro atoms. The predicted octanol–water partition coefficient (Wildman–Crippen LogP) is 2.90. The van der Waals surface area contributed by atoms with Gasteiger partial charge >= 0.3 is 0 Å². The van der Waals surface area contributed by atoms with Gasteiger partial charge in [0.25, 0.3) is 0 Å². The lowest BCUT2D eigenvalue weighted by Gasteiger charge is -2.29. The van der Waals surface area contributed by atoms with Crippen LogP contribution in [0.2, 0.25) is 0 Å². The van der Waals surface area contributed by atoms with Crippen molar-refractivity contribution < 1.29 is 14.3 Å². The Morgan fingerprint density at radius 2 is 1.74 bits per heavy atom. The van der Waals surface area contributed by atoms with Crippen LogP contribution >= 0.6 is 25.3 Å². The maximum atomic E-state index is 11.3. The first kappa shape index (κ1) is 26.2. The van der Waals surface area contributed by atoms with Crippen molar-refractivity contribution in [3.63, 3.8) is 0 Å². The van der Waals surface area contributed by atoms with Crippen LogP contribution < -0.4 is 14.8 Å². The first-order chi connectivity index (χ1) is 15.1. The summed E-state index contributed by atoms with van der Waals surface area (Å²) in [4.78, 5) is 16.2. The Labute approximate surface area is 198 Å². The lowest BCUT2D eigenvalue weighted by molar-refractivity contribution is -0.118. The van der Waals surface area contributed by atoms with E-state index >= 15 is 0 Å². The molecular formula is C23H39N3O3S2. The number of thiol groups is 2. The summed E-state index contributed by atoms with van der Waals surface area (Å²) in [6.45, 7) is 6.82. The minimum absolute atomic E-state index is 0.00734. The second kappa shape index (κ2) is 14.9. The van der Waals surface area contributed by atoms with Crippen molar-refractivity contribution in [2.24, 2.45) is 0 Å². The molecule has 0 saturated heterocycles. The molecule has 0 bridgehead atoms. The number of carbonyl (C=O) groups excluding carboxylic acids is 1. The van der Waals surface area contributed by atoms with Gasteiger partial charge in [0.15, 0.2) is 11.5 Å². The maximum Gasteiger partial charge on any atom is 0.229 e. The quantitative estimate of drug-likeness (QED) is 0.272. The zero-order valence-electron chi connectivity index (χ0n) is 19.1. The summed E-state index contributed by atoms with van der Waals surface area (Å²) in [5, 5.41) is 2.89. The molecule has 0 aliphatic carbocycles. The average Bonchev–Trinajstić information content (AvgIpc) is 2.79. The minimum Gasteiger partial charge on any atom is -0.493 e. The van der Waals surface area contributed by atoms with Crippen LogP contribution in [0.15, 0.2) is 12.1 Å². The van der Waals surface area contributed by atoms with E-state index in [1.165, 1.54) is 36.8 Å². The van der Waals surface area contributed by atoms with Gasteiger partial charge in [0.1, 0.15) is 0 Å². The fraction of sp³-hybridized carbons (Fsp3) is 0.696. The van der Waals surface area contributed by atoms with E-state index in [1.807, 2.05) is 0 Å².